The molecule has 2 aromatic carbocycles. The molecule has 0 N–H and O–H groups in total. The Morgan fingerprint density at radius 2 is 1.76 bits per heavy atom. The molecule has 1 amide bonds. The van der Waals surface area contributed by atoms with Crippen molar-refractivity contribution in [1.29, 1.82) is 0 Å². The van der Waals surface area contributed by atoms with Crippen LogP contribution in [-0.4, -0.2) is 53.2 Å². The lowest BCUT2D eigenvalue weighted by Gasteiger charge is -2.29. The first-order valence-corrected chi connectivity index (χ1v) is 13.4. The quantitative estimate of drug-likeness (QED) is 0.378. The second-order valence-corrected chi connectivity index (χ2v) is 9.80. The van der Waals surface area contributed by atoms with Gasteiger partial charge in [0.15, 0.2) is 0 Å². The van der Waals surface area contributed by atoms with Crippen LogP contribution in [0.5, 0.6) is 11.6 Å². The van der Waals surface area contributed by atoms with Crippen LogP contribution in [0.3, 0.4) is 0 Å². The van der Waals surface area contributed by atoms with Crippen LogP contribution in [0.2, 0.25) is 0 Å². The molecule has 0 bridgehead atoms. The average Bonchev–Trinajstić information content (AvgIpc) is 3.55. The van der Waals surface area contributed by atoms with Crippen LogP contribution in [0, 0.1) is 0 Å². The smallest absolute Gasteiger partial charge is 0.364 e. The summed E-state index contributed by atoms with van der Waals surface area (Å²) in [6.45, 7) is 3.22. The first-order valence-electron chi connectivity index (χ1n) is 13.4. The van der Waals surface area contributed by atoms with Crippen molar-refractivity contribution < 1.29 is 23.8 Å². The molecule has 0 spiro atoms. The zero-order valence-electron chi connectivity index (χ0n) is 22.0. The summed E-state index contributed by atoms with van der Waals surface area (Å²) in [5, 5.41) is 8.31. The van der Waals surface area contributed by atoms with Crippen LogP contribution in [0.4, 0.5) is 5.69 Å². The molecule has 1 aliphatic carbocycles. The van der Waals surface area contributed by atoms with Gasteiger partial charge in [0.2, 0.25) is 17.5 Å². The number of benzene rings is 2. The van der Waals surface area contributed by atoms with Gasteiger partial charge in [-0.3, -0.25) is 4.79 Å². The van der Waals surface area contributed by atoms with Gasteiger partial charge in [-0.05, 0) is 80.3 Å². The molecule has 2 heterocycles. The van der Waals surface area contributed by atoms with E-state index in [9.17, 15) is 9.59 Å². The number of anilines is 1. The monoisotopic (exact) mass is 518 g/mol. The van der Waals surface area contributed by atoms with E-state index < -0.39 is 5.97 Å². The van der Waals surface area contributed by atoms with Gasteiger partial charge in [-0.2, -0.15) is 0 Å². The van der Waals surface area contributed by atoms with E-state index in [4.69, 9.17) is 14.2 Å². The average molecular weight is 519 g/mol. The summed E-state index contributed by atoms with van der Waals surface area (Å²) < 4.78 is 18.5. The molecule has 1 aromatic heterocycles. The van der Waals surface area contributed by atoms with Gasteiger partial charge in [0.25, 0.3) is 0 Å². The topological polar surface area (TPSA) is 95.8 Å². The zero-order chi connectivity index (χ0) is 26.5. The Labute approximate surface area is 222 Å². The minimum Gasteiger partial charge on any atom is -0.497 e. The van der Waals surface area contributed by atoms with Crippen LogP contribution >= 0.6 is 0 Å². The third-order valence-corrected chi connectivity index (χ3v) is 7.35. The lowest BCUT2D eigenvalue weighted by atomic mass is 9.82. The maximum Gasteiger partial charge on any atom is 0.364 e. The number of rotatable bonds is 9. The first kappa shape index (κ1) is 25.8. The van der Waals surface area contributed by atoms with Crippen LogP contribution < -0.4 is 14.4 Å². The highest BCUT2D eigenvalue weighted by Gasteiger charge is 2.29. The van der Waals surface area contributed by atoms with Crippen molar-refractivity contribution in [1.82, 2.24) is 15.0 Å². The number of nitrogens with zero attached hydrogens (tertiary/aromatic N) is 4. The molecule has 0 unspecified atom stereocenters. The number of ether oxygens (including phenoxy) is 3. The van der Waals surface area contributed by atoms with E-state index in [0.717, 1.165) is 55.6 Å². The Morgan fingerprint density at radius 1 is 1.03 bits per heavy atom. The Balaban J connectivity index is 1.25. The minimum absolute atomic E-state index is 0.0472. The predicted molar refractivity (Wildman–Crippen MR) is 142 cm³/mol. The largest absolute Gasteiger partial charge is 0.497 e. The number of esters is 1. The lowest BCUT2D eigenvalue weighted by Crippen LogP contribution is -2.26. The number of aromatic nitrogens is 3. The Bertz CT molecular complexity index is 1250. The molecule has 2 fully saturated rings. The summed E-state index contributed by atoms with van der Waals surface area (Å²) in [4.78, 5) is 26.5. The highest BCUT2D eigenvalue weighted by Crippen LogP contribution is 2.36. The van der Waals surface area contributed by atoms with Crippen molar-refractivity contribution in [3.8, 4) is 11.6 Å². The summed E-state index contributed by atoms with van der Waals surface area (Å²) in [6, 6.07) is 16.1. The summed E-state index contributed by atoms with van der Waals surface area (Å²) in [5.74, 6) is 1.23. The van der Waals surface area contributed by atoms with E-state index in [-0.39, 0.29) is 24.3 Å². The van der Waals surface area contributed by atoms with Gasteiger partial charge in [0.1, 0.15) is 11.9 Å². The van der Waals surface area contributed by atoms with E-state index >= 15 is 0 Å². The van der Waals surface area contributed by atoms with Gasteiger partial charge in [0.05, 0.1) is 20.3 Å². The molecule has 9 nitrogen and oxygen atoms in total. The number of hydrogen-bond acceptors (Lipinski definition) is 7. The molecule has 0 atom stereocenters. The number of amides is 1. The summed E-state index contributed by atoms with van der Waals surface area (Å²) >= 11 is 0. The third-order valence-electron chi connectivity index (χ3n) is 7.35. The number of carbonyl (C=O) groups excluding carboxylic acids is 2. The van der Waals surface area contributed by atoms with Crippen LogP contribution in [0.15, 0.2) is 48.5 Å². The van der Waals surface area contributed by atoms with E-state index in [2.05, 4.69) is 34.6 Å². The second-order valence-electron chi connectivity index (χ2n) is 9.80. The van der Waals surface area contributed by atoms with Gasteiger partial charge in [-0.25, -0.2) is 9.48 Å². The molecule has 1 saturated heterocycles. The van der Waals surface area contributed by atoms with Crippen LogP contribution in [0.25, 0.3) is 0 Å². The molecule has 9 heteroatoms. The summed E-state index contributed by atoms with van der Waals surface area (Å²) in [7, 11) is 1.63. The first-order chi connectivity index (χ1) is 18.6. The lowest BCUT2D eigenvalue weighted by molar-refractivity contribution is -0.117. The minimum atomic E-state index is -0.534. The molecule has 1 aliphatic heterocycles. The van der Waals surface area contributed by atoms with Crippen molar-refractivity contribution in [2.45, 2.75) is 64.0 Å². The Kier molecular flexibility index (Phi) is 7.91. The fourth-order valence-corrected chi connectivity index (χ4v) is 5.28. The van der Waals surface area contributed by atoms with Crippen molar-refractivity contribution in [3.05, 3.63) is 65.4 Å². The molecule has 3 aromatic rings. The molecule has 2 aliphatic rings. The summed E-state index contributed by atoms with van der Waals surface area (Å²) in [6.07, 6.45) is 5.17. The van der Waals surface area contributed by atoms with E-state index in [1.807, 2.05) is 29.2 Å². The Morgan fingerprint density at radius 3 is 2.39 bits per heavy atom. The van der Waals surface area contributed by atoms with Crippen molar-refractivity contribution in [3.63, 3.8) is 0 Å². The normalized spacial score (nSPS) is 19.4. The highest BCUT2D eigenvalue weighted by atomic mass is 16.5. The molecule has 38 heavy (non-hydrogen) atoms. The molecule has 1 saturated carbocycles. The summed E-state index contributed by atoms with van der Waals surface area (Å²) in [5.41, 5.74) is 3.36. The zero-order valence-corrected chi connectivity index (χ0v) is 22.0. The van der Waals surface area contributed by atoms with Gasteiger partial charge in [-0.15, -0.1) is 5.10 Å². The molecular formula is C29H34N4O5. The fourth-order valence-electron chi connectivity index (χ4n) is 5.28. The predicted octanol–water partition coefficient (Wildman–Crippen LogP) is 4.74. The van der Waals surface area contributed by atoms with E-state index in [1.54, 1.807) is 18.7 Å². The Hall–Kier alpha value is -3.88. The van der Waals surface area contributed by atoms with Gasteiger partial charge in [-0.1, -0.05) is 29.5 Å². The van der Waals surface area contributed by atoms with E-state index in [1.165, 1.54) is 5.56 Å². The van der Waals surface area contributed by atoms with Crippen molar-refractivity contribution >= 4 is 17.6 Å². The van der Waals surface area contributed by atoms with Gasteiger partial charge < -0.3 is 19.1 Å². The molecule has 200 valence electrons. The maximum atomic E-state index is 12.6. The maximum absolute atomic E-state index is 12.6. The fraction of sp³-hybridized carbons (Fsp3) is 0.448. The highest BCUT2D eigenvalue weighted by molar-refractivity contribution is 5.95. The van der Waals surface area contributed by atoms with E-state index in [0.29, 0.717) is 24.8 Å². The number of carbonyl (C=O) groups is 2. The molecular weight excluding hydrogens is 484 g/mol. The van der Waals surface area contributed by atoms with Crippen LogP contribution in [-0.2, 0) is 16.1 Å². The van der Waals surface area contributed by atoms with Gasteiger partial charge in [0, 0.05) is 18.7 Å². The SMILES string of the molecule is CCOC(=O)c1nnn(Cc2ccc(OC)cc2)c1OC1CCC(c2ccc(N3CCCC3=O)cc2)CC1. The molecule has 0 radical (unpaired) electrons. The second kappa shape index (κ2) is 11.7. The molecule has 5 rings (SSSR count). The van der Waals surface area contributed by atoms with Crippen LogP contribution in [0.1, 0.15) is 73.0 Å². The third kappa shape index (κ3) is 5.66. The number of hydrogen-bond donors (Lipinski definition) is 0. The van der Waals surface area contributed by atoms with Crippen molar-refractivity contribution in [2.75, 3.05) is 25.2 Å². The van der Waals surface area contributed by atoms with Gasteiger partial charge >= 0.3 is 5.97 Å². The number of methoxy groups -OCH3 is 1. The van der Waals surface area contributed by atoms with Crippen molar-refractivity contribution in [2.24, 2.45) is 0 Å². The standard InChI is InChI=1S/C29H34N4O5/c1-3-37-29(35)27-28(33(31-30-27)19-20-6-14-24(36-2)15-7-20)38-25-16-10-22(11-17-25)21-8-12-23(13-9-21)32-18-4-5-26(32)34/h6-9,12-15,22,25H,3-5,10-11,16-19H2,1-2H3.